The highest BCUT2D eigenvalue weighted by atomic mass is 16.5. The van der Waals surface area contributed by atoms with Crippen molar-refractivity contribution in [3.05, 3.63) is 77.9 Å². The molecule has 0 unspecified atom stereocenters. The summed E-state index contributed by atoms with van der Waals surface area (Å²) in [6.07, 6.45) is 0. The molecule has 5 nitrogen and oxygen atoms in total. The predicted octanol–water partition coefficient (Wildman–Crippen LogP) is 5.06. The van der Waals surface area contributed by atoms with Gasteiger partial charge >= 0.3 is 0 Å². The molecule has 0 saturated heterocycles. The molecule has 0 fully saturated rings. The number of methoxy groups -OCH3 is 1. The van der Waals surface area contributed by atoms with Crippen LogP contribution in [-0.2, 0) is 0 Å². The molecule has 5 heteroatoms. The van der Waals surface area contributed by atoms with Crippen molar-refractivity contribution >= 4 is 22.7 Å². The molecule has 0 aliphatic heterocycles. The highest BCUT2D eigenvalue weighted by molar-refractivity contribution is 6.04. The van der Waals surface area contributed by atoms with Crippen molar-refractivity contribution in [2.45, 2.75) is 6.92 Å². The van der Waals surface area contributed by atoms with E-state index in [0.717, 1.165) is 22.4 Å². The minimum Gasteiger partial charge on any atom is -0.497 e. The summed E-state index contributed by atoms with van der Waals surface area (Å²) in [7, 11) is 1.63. The van der Waals surface area contributed by atoms with Gasteiger partial charge in [-0.05, 0) is 55.5 Å². The van der Waals surface area contributed by atoms with E-state index < -0.39 is 0 Å². The molecule has 0 atom stereocenters. The van der Waals surface area contributed by atoms with E-state index in [-0.39, 0.29) is 5.91 Å². The summed E-state index contributed by atoms with van der Waals surface area (Å²) in [4.78, 5) is 16.9. The SMILES string of the molecule is COc1ccc(-c2nc3ccc(NC(=O)c4ccc(C)cc4)cc3o2)cc1. The predicted molar refractivity (Wildman–Crippen MR) is 105 cm³/mol. The van der Waals surface area contributed by atoms with Crippen LogP contribution >= 0.6 is 0 Å². The minimum absolute atomic E-state index is 0.163. The molecule has 0 bridgehead atoms. The van der Waals surface area contributed by atoms with Crippen molar-refractivity contribution in [1.29, 1.82) is 0 Å². The summed E-state index contributed by atoms with van der Waals surface area (Å²) in [5.41, 5.74) is 4.58. The van der Waals surface area contributed by atoms with Gasteiger partial charge in [0.25, 0.3) is 5.91 Å². The first-order valence-electron chi connectivity index (χ1n) is 8.55. The number of aromatic nitrogens is 1. The third-order valence-corrected chi connectivity index (χ3v) is 4.30. The van der Waals surface area contributed by atoms with E-state index in [2.05, 4.69) is 10.3 Å². The fraction of sp³-hybridized carbons (Fsp3) is 0.0909. The summed E-state index contributed by atoms with van der Waals surface area (Å²) in [6.45, 7) is 1.99. The summed E-state index contributed by atoms with van der Waals surface area (Å²) >= 11 is 0. The molecule has 0 aliphatic rings. The molecule has 0 spiro atoms. The zero-order chi connectivity index (χ0) is 18.8. The maximum atomic E-state index is 12.4. The summed E-state index contributed by atoms with van der Waals surface area (Å²) < 4.78 is 11.0. The minimum atomic E-state index is -0.163. The lowest BCUT2D eigenvalue weighted by Crippen LogP contribution is -2.11. The molecule has 1 heterocycles. The summed E-state index contributed by atoms with van der Waals surface area (Å²) in [6, 6.07) is 20.4. The van der Waals surface area contributed by atoms with Gasteiger partial charge in [-0.15, -0.1) is 0 Å². The second-order valence-electron chi connectivity index (χ2n) is 6.25. The van der Waals surface area contributed by atoms with E-state index in [1.807, 2.05) is 55.5 Å². The normalized spacial score (nSPS) is 10.7. The molecule has 0 aliphatic carbocycles. The second-order valence-corrected chi connectivity index (χ2v) is 6.25. The molecule has 1 N–H and O–H groups in total. The Morgan fingerprint density at radius 1 is 1.00 bits per heavy atom. The molecule has 1 aromatic heterocycles. The van der Waals surface area contributed by atoms with Crippen molar-refractivity contribution in [2.75, 3.05) is 12.4 Å². The van der Waals surface area contributed by atoms with Crippen LogP contribution in [-0.4, -0.2) is 18.0 Å². The monoisotopic (exact) mass is 358 g/mol. The van der Waals surface area contributed by atoms with Gasteiger partial charge in [-0.25, -0.2) is 4.98 Å². The van der Waals surface area contributed by atoms with Crippen LogP contribution in [0, 0.1) is 6.92 Å². The van der Waals surface area contributed by atoms with Crippen molar-refractivity contribution < 1.29 is 13.9 Å². The summed E-state index contributed by atoms with van der Waals surface area (Å²) in [5.74, 6) is 1.13. The Morgan fingerprint density at radius 3 is 2.44 bits per heavy atom. The van der Waals surface area contributed by atoms with Crippen LogP contribution in [0.5, 0.6) is 5.75 Å². The first-order chi connectivity index (χ1) is 13.1. The van der Waals surface area contributed by atoms with Gasteiger partial charge < -0.3 is 14.5 Å². The fourth-order valence-electron chi connectivity index (χ4n) is 2.77. The van der Waals surface area contributed by atoms with Crippen LogP contribution in [0.3, 0.4) is 0 Å². The lowest BCUT2D eigenvalue weighted by atomic mass is 10.1. The number of oxazole rings is 1. The van der Waals surface area contributed by atoms with Gasteiger partial charge in [-0.2, -0.15) is 0 Å². The Hall–Kier alpha value is -3.60. The molecular weight excluding hydrogens is 340 g/mol. The van der Waals surface area contributed by atoms with Gasteiger partial charge in [0.2, 0.25) is 5.89 Å². The topological polar surface area (TPSA) is 64.4 Å². The number of fused-ring (bicyclic) bond motifs is 1. The number of rotatable bonds is 4. The standard InChI is InChI=1S/C22H18N2O3/c1-14-3-5-15(6-4-14)21(25)23-17-9-12-19-20(13-17)27-22(24-19)16-7-10-18(26-2)11-8-16/h3-13H,1-2H3,(H,23,25). The number of benzene rings is 3. The number of carbonyl (C=O) groups excluding carboxylic acids is 1. The molecule has 4 aromatic rings. The van der Waals surface area contributed by atoms with E-state index in [0.29, 0.717) is 22.7 Å². The molecule has 3 aromatic carbocycles. The van der Waals surface area contributed by atoms with E-state index >= 15 is 0 Å². The molecule has 0 radical (unpaired) electrons. The molecule has 1 amide bonds. The fourth-order valence-corrected chi connectivity index (χ4v) is 2.77. The van der Waals surface area contributed by atoms with Crippen LogP contribution < -0.4 is 10.1 Å². The van der Waals surface area contributed by atoms with E-state index in [1.54, 1.807) is 25.3 Å². The summed E-state index contributed by atoms with van der Waals surface area (Å²) in [5, 5.41) is 2.89. The van der Waals surface area contributed by atoms with Crippen LogP contribution in [0.4, 0.5) is 5.69 Å². The number of carbonyl (C=O) groups is 1. The Kier molecular flexibility index (Phi) is 4.34. The third kappa shape index (κ3) is 3.53. The lowest BCUT2D eigenvalue weighted by Gasteiger charge is -2.05. The largest absolute Gasteiger partial charge is 0.497 e. The van der Waals surface area contributed by atoms with Crippen LogP contribution in [0.15, 0.2) is 71.1 Å². The number of amides is 1. The first kappa shape index (κ1) is 16.8. The maximum Gasteiger partial charge on any atom is 0.255 e. The second kappa shape index (κ2) is 6.96. The number of aryl methyl sites for hydroxylation is 1. The number of anilines is 1. The Labute approximate surface area is 156 Å². The average molecular weight is 358 g/mol. The van der Waals surface area contributed by atoms with E-state index in [4.69, 9.17) is 9.15 Å². The van der Waals surface area contributed by atoms with Crippen molar-refractivity contribution in [2.24, 2.45) is 0 Å². The number of nitrogens with zero attached hydrogens (tertiary/aromatic N) is 1. The zero-order valence-electron chi connectivity index (χ0n) is 15.0. The number of ether oxygens (including phenoxy) is 1. The molecular formula is C22H18N2O3. The number of hydrogen-bond donors (Lipinski definition) is 1. The van der Waals surface area contributed by atoms with Gasteiger partial charge in [0.15, 0.2) is 5.58 Å². The molecule has 27 heavy (non-hydrogen) atoms. The molecule has 4 rings (SSSR count). The van der Waals surface area contributed by atoms with Crippen molar-refractivity contribution in [1.82, 2.24) is 4.98 Å². The number of nitrogens with one attached hydrogen (secondary N) is 1. The Morgan fingerprint density at radius 2 is 1.74 bits per heavy atom. The van der Waals surface area contributed by atoms with Gasteiger partial charge in [0.1, 0.15) is 11.3 Å². The smallest absolute Gasteiger partial charge is 0.255 e. The lowest BCUT2D eigenvalue weighted by molar-refractivity contribution is 0.102. The van der Waals surface area contributed by atoms with Gasteiger partial charge in [0, 0.05) is 22.9 Å². The van der Waals surface area contributed by atoms with Crippen LogP contribution in [0.2, 0.25) is 0 Å². The highest BCUT2D eigenvalue weighted by Gasteiger charge is 2.11. The van der Waals surface area contributed by atoms with Crippen LogP contribution in [0.25, 0.3) is 22.6 Å². The quantitative estimate of drug-likeness (QED) is 0.553. The van der Waals surface area contributed by atoms with Gasteiger partial charge in [-0.3, -0.25) is 4.79 Å². The Bertz CT molecular complexity index is 1100. The Balaban J connectivity index is 1.58. The van der Waals surface area contributed by atoms with E-state index in [1.165, 1.54) is 0 Å². The molecule has 0 saturated carbocycles. The van der Waals surface area contributed by atoms with Crippen molar-refractivity contribution in [3.63, 3.8) is 0 Å². The first-order valence-corrected chi connectivity index (χ1v) is 8.55. The van der Waals surface area contributed by atoms with E-state index in [9.17, 15) is 4.79 Å². The zero-order valence-corrected chi connectivity index (χ0v) is 15.0. The van der Waals surface area contributed by atoms with Gasteiger partial charge in [-0.1, -0.05) is 17.7 Å². The van der Waals surface area contributed by atoms with Gasteiger partial charge in [0.05, 0.1) is 7.11 Å². The van der Waals surface area contributed by atoms with Crippen LogP contribution in [0.1, 0.15) is 15.9 Å². The van der Waals surface area contributed by atoms with Crippen molar-refractivity contribution in [3.8, 4) is 17.2 Å². The average Bonchev–Trinajstić information content (AvgIpc) is 3.12. The third-order valence-electron chi connectivity index (χ3n) is 4.30. The maximum absolute atomic E-state index is 12.4. The highest BCUT2D eigenvalue weighted by Crippen LogP contribution is 2.27. The molecule has 134 valence electrons. The number of hydrogen-bond acceptors (Lipinski definition) is 4.